The predicted molar refractivity (Wildman–Crippen MR) is 97.6 cm³/mol. The quantitative estimate of drug-likeness (QED) is 0.707. The van der Waals surface area contributed by atoms with Gasteiger partial charge in [0, 0.05) is 13.6 Å². The van der Waals surface area contributed by atoms with Gasteiger partial charge in [0.1, 0.15) is 11.3 Å². The first-order valence-electron chi connectivity index (χ1n) is 7.88. The van der Waals surface area contributed by atoms with E-state index in [1.807, 2.05) is 30.3 Å². The Hall–Kier alpha value is -2.91. The molecular weight excluding hydrogens is 372 g/mol. The van der Waals surface area contributed by atoms with E-state index in [1.54, 1.807) is 7.05 Å². The summed E-state index contributed by atoms with van der Waals surface area (Å²) in [4.78, 5) is 25.6. The number of nitrogens with zero attached hydrogens (tertiary/aromatic N) is 1. The highest BCUT2D eigenvalue weighted by Crippen LogP contribution is 2.22. The lowest BCUT2D eigenvalue weighted by Crippen LogP contribution is -2.30. The van der Waals surface area contributed by atoms with Crippen molar-refractivity contribution in [3.63, 3.8) is 0 Å². The number of rotatable bonds is 7. The van der Waals surface area contributed by atoms with Gasteiger partial charge in [0.15, 0.2) is 6.61 Å². The Morgan fingerprint density at radius 1 is 1.11 bits per heavy atom. The molecule has 8 nitrogen and oxygen atoms in total. The second kappa shape index (κ2) is 8.65. The van der Waals surface area contributed by atoms with Crippen LogP contribution in [-0.4, -0.2) is 46.0 Å². The molecule has 0 aliphatic carbocycles. The van der Waals surface area contributed by atoms with Gasteiger partial charge in [0.05, 0.1) is 12.0 Å². The van der Waals surface area contributed by atoms with E-state index in [9.17, 15) is 18.0 Å². The van der Waals surface area contributed by atoms with E-state index in [0.717, 1.165) is 11.6 Å². The van der Waals surface area contributed by atoms with Crippen molar-refractivity contribution >= 4 is 21.9 Å². The topological polar surface area (TPSA) is 116 Å². The Bertz CT molecular complexity index is 928. The van der Waals surface area contributed by atoms with Crippen molar-refractivity contribution in [1.29, 1.82) is 0 Å². The summed E-state index contributed by atoms with van der Waals surface area (Å²) in [6.07, 6.45) is 0. The lowest BCUT2D eigenvalue weighted by molar-refractivity contribution is -0.133. The third kappa shape index (κ3) is 5.53. The summed E-state index contributed by atoms with van der Waals surface area (Å²) in [5.41, 5.74) is 0.796. The molecule has 0 unspecified atom stereocenters. The van der Waals surface area contributed by atoms with E-state index in [2.05, 4.69) is 0 Å². The van der Waals surface area contributed by atoms with Crippen LogP contribution in [0, 0.1) is 0 Å². The van der Waals surface area contributed by atoms with Crippen LogP contribution in [0.15, 0.2) is 53.4 Å². The van der Waals surface area contributed by atoms with Crippen molar-refractivity contribution in [3.05, 3.63) is 59.7 Å². The molecule has 2 aromatic carbocycles. The molecule has 9 heteroatoms. The van der Waals surface area contributed by atoms with E-state index >= 15 is 0 Å². The fourth-order valence-electron chi connectivity index (χ4n) is 2.28. The highest BCUT2D eigenvalue weighted by atomic mass is 32.2. The van der Waals surface area contributed by atoms with Crippen LogP contribution in [0.5, 0.6) is 5.75 Å². The zero-order chi connectivity index (χ0) is 20.0. The lowest BCUT2D eigenvalue weighted by atomic mass is 10.2. The molecule has 0 aliphatic rings. The van der Waals surface area contributed by atoms with Crippen molar-refractivity contribution in [1.82, 2.24) is 4.90 Å². The maximum atomic E-state index is 12.3. The molecule has 2 aromatic rings. The van der Waals surface area contributed by atoms with Crippen LogP contribution in [0.2, 0.25) is 0 Å². The van der Waals surface area contributed by atoms with Gasteiger partial charge in [-0.2, -0.15) is 0 Å². The third-order valence-corrected chi connectivity index (χ3v) is 4.65. The molecule has 1 amide bonds. The summed E-state index contributed by atoms with van der Waals surface area (Å²) in [6, 6.07) is 12.9. The molecule has 2 rings (SSSR count). The monoisotopic (exact) mass is 392 g/mol. The highest BCUT2D eigenvalue weighted by molar-refractivity contribution is 7.89. The minimum Gasteiger partial charge on any atom is -0.496 e. The van der Waals surface area contributed by atoms with E-state index < -0.39 is 28.5 Å². The van der Waals surface area contributed by atoms with Crippen LogP contribution in [-0.2, 0) is 26.1 Å². The fraction of sp³-hybridized carbons (Fsp3) is 0.222. The van der Waals surface area contributed by atoms with E-state index in [0.29, 0.717) is 6.54 Å². The minimum absolute atomic E-state index is 0.109. The summed E-state index contributed by atoms with van der Waals surface area (Å²) in [7, 11) is -1.09. The van der Waals surface area contributed by atoms with Gasteiger partial charge in [0.2, 0.25) is 10.0 Å². The maximum absolute atomic E-state index is 12.3. The van der Waals surface area contributed by atoms with Crippen molar-refractivity contribution in [3.8, 4) is 5.75 Å². The summed E-state index contributed by atoms with van der Waals surface area (Å²) in [5, 5.41) is 5.07. The second-order valence-electron chi connectivity index (χ2n) is 5.72. The molecule has 0 bridgehead atoms. The van der Waals surface area contributed by atoms with Crippen molar-refractivity contribution in [2.75, 3.05) is 20.8 Å². The highest BCUT2D eigenvalue weighted by Gasteiger charge is 2.20. The van der Waals surface area contributed by atoms with E-state index in [-0.39, 0.29) is 16.2 Å². The molecule has 0 fully saturated rings. The molecule has 0 aliphatic heterocycles. The molecule has 144 valence electrons. The zero-order valence-corrected chi connectivity index (χ0v) is 15.7. The Labute approximate surface area is 157 Å². The number of carbonyl (C=O) groups is 2. The number of amides is 1. The first-order chi connectivity index (χ1) is 12.7. The third-order valence-electron chi connectivity index (χ3n) is 3.73. The summed E-state index contributed by atoms with van der Waals surface area (Å²) in [6.45, 7) is -0.133. The number of nitrogens with two attached hydrogens (primary N) is 1. The van der Waals surface area contributed by atoms with Crippen molar-refractivity contribution < 1.29 is 27.5 Å². The van der Waals surface area contributed by atoms with Gasteiger partial charge in [-0.25, -0.2) is 18.4 Å². The maximum Gasteiger partial charge on any atom is 0.342 e. The molecule has 0 saturated carbocycles. The largest absolute Gasteiger partial charge is 0.496 e. The first-order valence-corrected chi connectivity index (χ1v) is 9.43. The molecule has 0 atom stereocenters. The van der Waals surface area contributed by atoms with Crippen LogP contribution < -0.4 is 9.88 Å². The van der Waals surface area contributed by atoms with Gasteiger partial charge >= 0.3 is 5.97 Å². The summed E-state index contributed by atoms with van der Waals surface area (Å²) >= 11 is 0. The number of benzene rings is 2. The van der Waals surface area contributed by atoms with E-state index in [4.69, 9.17) is 14.6 Å². The molecular formula is C18H20N2O6S. The lowest BCUT2D eigenvalue weighted by Gasteiger charge is -2.17. The smallest absolute Gasteiger partial charge is 0.342 e. The number of hydrogen-bond acceptors (Lipinski definition) is 6. The van der Waals surface area contributed by atoms with Gasteiger partial charge in [-0.3, -0.25) is 4.79 Å². The summed E-state index contributed by atoms with van der Waals surface area (Å²) < 4.78 is 33.0. The van der Waals surface area contributed by atoms with Crippen molar-refractivity contribution in [2.45, 2.75) is 11.4 Å². The number of ether oxygens (including phenoxy) is 2. The fourth-order valence-corrected chi connectivity index (χ4v) is 2.82. The normalized spacial score (nSPS) is 10.9. The van der Waals surface area contributed by atoms with Gasteiger partial charge in [0.25, 0.3) is 5.91 Å². The number of hydrogen-bond donors (Lipinski definition) is 1. The average Bonchev–Trinajstić information content (AvgIpc) is 2.65. The Morgan fingerprint density at radius 2 is 1.78 bits per heavy atom. The number of likely N-dealkylation sites (N-methyl/N-ethyl adjacent to an activating group) is 1. The number of methoxy groups -OCH3 is 1. The molecule has 0 aromatic heterocycles. The molecule has 2 N–H and O–H groups in total. The minimum atomic E-state index is -4.00. The number of primary sulfonamides is 1. The van der Waals surface area contributed by atoms with Crippen LogP contribution in [0.1, 0.15) is 15.9 Å². The van der Waals surface area contributed by atoms with Gasteiger partial charge < -0.3 is 14.4 Å². The molecule has 27 heavy (non-hydrogen) atoms. The SMILES string of the molecule is COc1ccc(S(N)(=O)=O)cc1C(=O)OCC(=O)N(C)Cc1ccccc1. The van der Waals surface area contributed by atoms with Crippen LogP contribution in [0.4, 0.5) is 0 Å². The Kier molecular flexibility index (Phi) is 6.54. The Morgan fingerprint density at radius 3 is 2.37 bits per heavy atom. The zero-order valence-electron chi connectivity index (χ0n) is 14.9. The number of esters is 1. The predicted octanol–water partition coefficient (Wildman–Crippen LogP) is 1.16. The van der Waals surface area contributed by atoms with Gasteiger partial charge in [-0.15, -0.1) is 0 Å². The second-order valence-corrected chi connectivity index (χ2v) is 7.28. The molecule has 0 radical (unpaired) electrons. The van der Waals surface area contributed by atoms with Crippen molar-refractivity contribution in [2.24, 2.45) is 5.14 Å². The molecule has 0 saturated heterocycles. The van der Waals surface area contributed by atoms with Crippen LogP contribution >= 0.6 is 0 Å². The number of sulfonamides is 1. The average molecular weight is 392 g/mol. The Balaban J connectivity index is 2.05. The summed E-state index contributed by atoms with van der Waals surface area (Å²) in [5.74, 6) is -1.19. The van der Waals surface area contributed by atoms with Gasteiger partial charge in [-0.1, -0.05) is 30.3 Å². The molecule has 0 heterocycles. The van der Waals surface area contributed by atoms with E-state index in [1.165, 1.54) is 24.1 Å². The first kappa shape index (κ1) is 20.4. The van der Waals surface area contributed by atoms with Gasteiger partial charge in [-0.05, 0) is 23.8 Å². The molecule has 0 spiro atoms. The number of carbonyl (C=O) groups excluding carboxylic acids is 2. The van der Waals surface area contributed by atoms with Crippen LogP contribution in [0.3, 0.4) is 0 Å². The standard InChI is InChI=1S/C18H20N2O6S/c1-20(11-13-6-4-3-5-7-13)17(21)12-26-18(22)15-10-14(27(19,23)24)8-9-16(15)25-2/h3-10H,11-12H2,1-2H3,(H2,19,23,24). The van der Waals surface area contributed by atoms with Crippen LogP contribution in [0.25, 0.3) is 0 Å².